The monoisotopic (exact) mass is 605 g/mol. The van der Waals surface area contributed by atoms with Gasteiger partial charge in [0.05, 0.1) is 61.0 Å². The Morgan fingerprint density at radius 1 is 0.714 bits per heavy atom. The molecule has 0 aromatic heterocycles. The molecule has 11 unspecified atom stereocenters. The molecule has 1 saturated heterocycles. The molecule has 42 heavy (non-hydrogen) atoms. The summed E-state index contributed by atoms with van der Waals surface area (Å²) in [6.07, 6.45) is 0.332. The molecule has 1 heterocycles. The number of nitrogens with two attached hydrogens (primary N) is 2. The van der Waals surface area contributed by atoms with Crippen molar-refractivity contribution in [2.45, 2.75) is 145 Å². The van der Waals surface area contributed by atoms with Crippen molar-refractivity contribution in [3.8, 4) is 0 Å². The van der Waals surface area contributed by atoms with E-state index in [1.165, 1.54) is 12.2 Å². The fourth-order valence-corrected chi connectivity index (χ4v) is 4.70. The summed E-state index contributed by atoms with van der Waals surface area (Å²) in [4.78, 5) is 3.84. The van der Waals surface area contributed by atoms with Crippen LogP contribution < -0.4 is 11.5 Å². The molecule has 11 atom stereocenters. The smallest absolute Gasteiger partial charge is 0.185 e. The Labute approximate surface area is 248 Å². The van der Waals surface area contributed by atoms with E-state index in [-0.39, 0.29) is 63.4 Å². The van der Waals surface area contributed by atoms with Gasteiger partial charge in [-0.15, -0.1) is 0 Å². The normalized spacial score (nSPS) is 23.7. The molecule has 0 amide bonds. The Bertz CT molecular complexity index is 798. The summed E-state index contributed by atoms with van der Waals surface area (Å²) in [5.41, 5.74) is 10.5. The molecule has 0 aliphatic carbocycles. The molecular formula is C29H55N3O10. The fourth-order valence-electron chi connectivity index (χ4n) is 4.70. The zero-order chi connectivity index (χ0) is 31.7. The van der Waals surface area contributed by atoms with Gasteiger partial charge >= 0.3 is 0 Å². The number of nitrogens with zero attached hydrogens (tertiary/aromatic N) is 1. The summed E-state index contributed by atoms with van der Waals surface area (Å²) in [7, 11) is 0. The van der Waals surface area contributed by atoms with Crippen molar-refractivity contribution >= 4 is 5.96 Å². The maximum atomic E-state index is 10.4. The number of epoxide rings is 1. The van der Waals surface area contributed by atoms with Gasteiger partial charge in [0.1, 0.15) is 6.10 Å². The SMILES string of the molecule is CCC(O)CC(O)/C=C/CC(O)CC(O)CC(O)/C=C/CC(O)CC(O)C1OC1CC(O)CC(O)CCCN=C(N)N. The molecule has 1 aliphatic heterocycles. The molecule has 246 valence electrons. The molecule has 0 aromatic carbocycles. The molecule has 0 aromatic rings. The largest absolute Gasteiger partial charge is 0.393 e. The van der Waals surface area contributed by atoms with Gasteiger partial charge in [-0.05, 0) is 44.9 Å². The molecule has 13 nitrogen and oxygen atoms in total. The predicted molar refractivity (Wildman–Crippen MR) is 158 cm³/mol. The number of aliphatic imine (C=N–C) groups is 1. The number of hydrogen-bond acceptors (Lipinski definition) is 11. The molecule has 13 N–H and O–H groups in total. The maximum Gasteiger partial charge on any atom is 0.185 e. The third-order valence-electron chi connectivity index (χ3n) is 7.13. The number of aliphatic hydroxyl groups is 9. The third-order valence-corrected chi connectivity index (χ3v) is 7.13. The maximum absolute atomic E-state index is 10.4. The molecule has 1 aliphatic rings. The topological polar surface area (TPSA) is 259 Å². The Hall–Kier alpha value is -1.65. The van der Waals surface area contributed by atoms with Crippen LogP contribution in [0.4, 0.5) is 0 Å². The van der Waals surface area contributed by atoms with Gasteiger partial charge in [-0.1, -0.05) is 31.2 Å². The van der Waals surface area contributed by atoms with Gasteiger partial charge in [0.2, 0.25) is 0 Å². The van der Waals surface area contributed by atoms with Gasteiger partial charge < -0.3 is 62.2 Å². The Kier molecular flexibility index (Phi) is 19.3. The second-order valence-corrected chi connectivity index (χ2v) is 11.4. The zero-order valence-electron chi connectivity index (χ0n) is 24.7. The molecule has 0 saturated carbocycles. The molecular weight excluding hydrogens is 550 g/mol. The number of hydrogen-bond donors (Lipinski definition) is 11. The lowest BCUT2D eigenvalue weighted by Crippen LogP contribution is -2.26. The van der Waals surface area contributed by atoms with E-state index in [9.17, 15) is 46.0 Å². The summed E-state index contributed by atoms with van der Waals surface area (Å²) in [5, 5.41) is 90.5. The minimum atomic E-state index is -0.989. The number of aliphatic hydroxyl groups excluding tert-OH is 9. The molecule has 13 heteroatoms. The van der Waals surface area contributed by atoms with Gasteiger partial charge in [-0.2, -0.15) is 0 Å². The highest BCUT2D eigenvalue weighted by Gasteiger charge is 2.45. The van der Waals surface area contributed by atoms with Crippen LogP contribution >= 0.6 is 0 Å². The quantitative estimate of drug-likeness (QED) is 0.0202. The van der Waals surface area contributed by atoms with Crippen molar-refractivity contribution in [2.75, 3.05) is 6.54 Å². The molecule has 0 bridgehead atoms. The van der Waals surface area contributed by atoms with Crippen LogP contribution in [0.15, 0.2) is 29.3 Å². The summed E-state index contributed by atoms with van der Waals surface area (Å²) in [5.74, 6) is -0.00796. The second-order valence-electron chi connectivity index (χ2n) is 11.4. The highest BCUT2D eigenvalue weighted by molar-refractivity contribution is 5.75. The first-order valence-corrected chi connectivity index (χ1v) is 15.0. The average Bonchev–Trinajstić information content (AvgIpc) is 3.65. The first-order valence-electron chi connectivity index (χ1n) is 15.0. The van der Waals surface area contributed by atoms with Crippen LogP contribution in [-0.4, -0.2) is 126 Å². The van der Waals surface area contributed by atoms with E-state index >= 15 is 0 Å². The fraction of sp³-hybridized carbons (Fsp3) is 0.828. The minimum Gasteiger partial charge on any atom is -0.393 e. The van der Waals surface area contributed by atoms with E-state index < -0.39 is 61.0 Å². The minimum absolute atomic E-state index is 0.00774. The van der Waals surface area contributed by atoms with E-state index in [4.69, 9.17) is 16.2 Å². The first-order chi connectivity index (χ1) is 19.8. The molecule has 1 fully saturated rings. The van der Waals surface area contributed by atoms with Gasteiger partial charge in [-0.25, -0.2) is 0 Å². The van der Waals surface area contributed by atoms with E-state index in [0.29, 0.717) is 25.8 Å². The second kappa shape index (κ2) is 21.1. The van der Waals surface area contributed by atoms with Crippen LogP contribution in [-0.2, 0) is 4.74 Å². The lowest BCUT2D eigenvalue weighted by molar-refractivity contribution is 0.0521. The van der Waals surface area contributed by atoms with Crippen LogP contribution in [0.1, 0.15) is 77.6 Å². The summed E-state index contributed by atoms with van der Waals surface area (Å²) < 4.78 is 5.45. The van der Waals surface area contributed by atoms with Crippen molar-refractivity contribution in [1.82, 2.24) is 0 Å². The zero-order valence-corrected chi connectivity index (χ0v) is 24.7. The van der Waals surface area contributed by atoms with Crippen LogP contribution in [0, 0.1) is 0 Å². The van der Waals surface area contributed by atoms with E-state index in [2.05, 4.69) is 4.99 Å². The van der Waals surface area contributed by atoms with E-state index in [1.807, 2.05) is 6.92 Å². The molecule has 0 spiro atoms. The van der Waals surface area contributed by atoms with Crippen molar-refractivity contribution in [3.63, 3.8) is 0 Å². The lowest BCUT2D eigenvalue weighted by Gasteiger charge is -2.17. The Balaban J connectivity index is 2.23. The number of rotatable bonds is 24. The third kappa shape index (κ3) is 18.8. The van der Waals surface area contributed by atoms with Crippen LogP contribution in [0.3, 0.4) is 0 Å². The van der Waals surface area contributed by atoms with Gasteiger partial charge in [0.15, 0.2) is 5.96 Å². The summed E-state index contributed by atoms with van der Waals surface area (Å²) in [6, 6.07) is 0. The van der Waals surface area contributed by atoms with Crippen molar-refractivity contribution in [3.05, 3.63) is 24.3 Å². The average molecular weight is 606 g/mol. The number of ether oxygens (including phenoxy) is 1. The summed E-state index contributed by atoms with van der Waals surface area (Å²) >= 11 is 0. The van der Waals surface area contributed by atoms with Crippen molar-refractivity contribution in [2.24, 2.45) is 16.5 Å². The van der Waals surface area contributed by atoms with Gasteiger partial charge in [0.25, 0.3) is 0 Å². The van der Waals surface area contributed by atoms with Gasteiger partial charge in [-0.3, -0.25) is 4.99 Å². The van der Waals surface area contributed by atoms with Crippen LogP contribution in [0.5, 0.6) is 0 Å². The van der Waals surface area contributed by atoms with Crippen molar-refractivity contribution in [1.29, 1.82) is 0 Å². The van der Waals surface area contributed by atoms with Gasteiger partial charge in [0, 0.05) is 32.2 Å². The Morgan fingerprint density at radius 3 is 1.83 bits per heavy atom. The highest BCUT2D eigenvalue weighted by Crippen LogP contribution is 2.32. The lowest BCUT2D eigenvalue weighted by atomic mass is 9.99. The summed E-state index contributed by atoms with van der Waals surface area (Å²) in [6.45, 7) is 2.21. The Morgan fingerprint density at radius 2 is 1.26 bits per heavy atom. The highest BCUT2D eigenvalue weighted by atomic mass is 16.6. The van der Waals surface area contributed by atoms with Crippen LogP contribution in [0.2, 0.25) is 0 Å². The van der Waals surface area contributed by atoms with Crippen molar-refractivity contribution < 1.29 is 50.7 Å². The standard InChI is InChI=1S/C29H55N3O10/c1-2-18(33)12-19(34)6-3-7-20(35)13-24(39)14-21(36)8-4-9-23(38)16-26(41)28-27(42-28)17-25(40)15-22(37)10-5-11-32-29(30)31/h3-4,6,8,18-28,33-41H,2,5,7,9-17H2,1H3,(H4,30,31,32)/b6-3+,8-4+. The van der Waals surface area contributed by atoms with E-state index in [0.717, 1.165) is 0 Å². The van der Waals surface area contributed by atoms with Crippen LogP contribution in [0.25, 0.3) is 0 Å². The number of guanidine groups is 1. The molecule has 0 radical (unpaired) electrons. The first kappa shape index (κ1) is 38.4. The van der Waals surface area contributed by atoms with E-state index in [1.54, 1.807) is 12.2 Å². The predicted octanol–water partition coefficient (Wildman–Crippen LogP) is -1.30. The molecule has 1 rings (SSSR count).